The maximum atomic E-state index is 13.6. The van der Waals surface area contributed by atoms with Crippen molar-refractivity contribution < 1.29 is 17.2 Å². The van der Waals surface area contributed by atoms with Gasteiger partial charge in [-0.25, -0.2) is 22.2 Å². The van der Waals surface area contributed by atoms with Crippen LogP contribution in [0.2, 0.25) is 4.47 Å². The van der Waals surface area contributed by atoms with Crippen molar-refractivity contribution in [3.63, 3.8) is 0 Å². The highest BCUT2D eigenvalue weighted by molar-refractivity contribution is 9.10. The summed E-state index contributed by atoms with van der Waals surface area (Å²) >= 11 is 9.24. The maximum Gasteiger partial charge on any atom is 0.273 e. The lowest BCUT2D eigenvalue weighted by Crippen LogP contribution is -2.14. The number of rotatable bonds is 3. The second-order valence-corrected chi connectivity index (χ2v) is 8.00. The number of hydrogen-bond acceptors (Lipinski definition) is 4. The Hall–Kier alpha value is -0.770. The van der Waals surface area contributed by atoms with E-state index in [1.165, 1.54) is 6.92 Å². The molecule has 1 aromatic heterocycles. The highest BCUT2D eigenvalue weighted by Crippen LogP contribution is 2.30. The molecular weight excluding hydrogens is 398 g/mol. The Morgan fingerprint density at radius 1 is 1.35 bits per heavy atom. The SMILES string of the molecule is Cc1nc(Cl)sc1S(=O)(=O)Nc1cc(Br)c(F)cc1F. The molecule has 0 saturated carbocycles. The largest absolute Gasteiger partial charge is 0.276 e. The van der Waals surface area contributed by atoms with Crippen molar-refractivity contribution in [2.75, 3.05) is 4.72 Å². The molecule has 0 saturated heterocycles. The van der Waals surface area contributed by atoms with Crippen LogP contribution in [0.3, 0.4) is 0 Å². The van der Waals surface area contributed by atoms with E-state index >= 15 is 0 Å². The quantitative estimate of drug-likeness (QED) is 0.790. The van der Waals surface area contributed by atoms with Gasteiger partial charge in [-0.2, -0.15) is 0 Å². The van der Waals surface area contributed by atoms with Gasteiger partial charge in [0.1, 0.15) is 11.6 Å². The molecule has 0 aliphatic carbocycles. The van der Waals surface area contributed by atoms with E-state index in [0.29, 0.717) is 6.07 Å². The Bertz CT molecular complexity index is 780. The molecule has 0 atom stereocenters. The van der Waals surface area contributed by atoms with Gasteiger partial charge in [-0.05, 0) is 28.9 Å². The van der Waals surface area contributed by atoms with Crippen LogP contribution in [0.5, 0.6) is 0 Å². The van der Waals surface area contributed by atoms with Gasteiger partial charge in [0.25, 0.3) is 10.0 Å². The molecule has 2 aromatic rings. The van der Waals surface area contributed by atoms with Crippen molar-refractivity contribution in [2.24, 2.45) is 0 Å². The van der Waals surface area contributed by atoms with Gasteiger partial charge in [-0.1, -0.05) is 22.9 Å². The highest BCUT2D eigenvalue weighted by Gasteiger charge is 2.23. The number of aromatic nitrogens is 1. The first-order valence-corrected chi connectivity index (χ1v) is 8.48. The smallest absolute Gasteiger partial charge is 0.273 e. The first kappa shape index (κ1) is 15.6. The number of nitrogens with zero attached hydrogens (tertiary/aromatic N) is 1. The highest BCUT2D eigenvalue weighted by atomic mass is 79.9. The summed E-state index contributed by atoms with van der Waals surface area (Å²) < 4.78 is 52.8. The first-order chi connectivity index (χ1) is 9.20. The monoisotopic (exact) mass is 402 g/mol. The molecule has 4 nitrogen and oxygen atoms in total. The summed E-state index contributed by atoms with van der Waals surface area (Å²) in [5.41, 5.74) is -0.170. The van der Waals surface area contributed by atoms with Crippen LogP contribution < -0.4 is 4.72 Å². The normalized spacial score (nSPS) is 11.7. The van der Waals surface area contributed by atoms with Crippen molar-refractivity contribution in [1.82, 2.24) is 4.98 Å². The van der Waals surface area contributed by atoms with E-state index in [4.69, 9.17) is 11.6 Å². The van der Waals surface area contributed by atoms with Crippen LogP contribution in [0.4, 0.5) is 14.5 Å². The third-order valence-electron chi connectivity index (χ3n) is 2.23. The Morgan fingerprint density at radius 2 is 2.00 bits per heavy atom. The predicted octanol–water partition coefficient (Wildman–Crippen LogP) is 3.95. The second-order valence-electron chi connectivity index (χ2n) is 3.69. The third kappa shape index (κ3) is 3.11. The Balaban J connectivity index is 2.43. The molecule has 1 aromatic carbocycles. The number of anilines is 1. The number of benzene rings is 1. The molecule has 0 fully saturated rings. The molecule has 0 amide bonds. The first-order valence-electron chi connectivity index (χ1n) is 5.01. The molecule has 1 N–H and O–H groups in total. The number of halogens is 4. The minimum absolute atomic E-state index is 0.0589. The van der Waals surface area contributed by atoms with E-state index in [-0.39, 0.29) is 24.5 Å². The topological polar surface area (TPSA) is 59.1 Å². The van der Waals surface area contributed by atoms with Gasteiger partial charge in [0.05, 0.1) is 15.9 Å². The maximum absolute atomic E-state index is 13.6. The van der Waals surface area contributed by atoms with Gasteiger partial charge in [-0.15, -0.1) is 0 Å². The molecule has 0 radical (unpaired) electrons. The third-order valence-corrected chi connectivity index (χ3v) is 6.07. The fourth-order valence-corrected chi connectivity index (χ4v) is 4.53. The Morgan fingerprint density at radius 3 is 2.55 bits per heavy atom. The van der Waals surface area contributed by atoms with E-state index in [2.05, 4.69) is 20.9 Å². The lowest BCUT2D eigenvalue weighted by atomic mass is 10.3. The average molecular weight is 404 g/mol. The van der Waals surface area contributed by atoms with Crippen molar-refractivity contribution in [2.45, 2.75) is 11.1 Å². The number of aryl methyl sites for hydroxylation is 1. The molecule has 0 bridgehead atoms. The number of thiazole rings is 1. The molecule has 0 aliphatic heterocycles. The molecule has 2 rings (SSSR count). The molecule has 1 heterocycles. The molecule has 0 aliphatic rings. The van der Waals surface area contributed by atoms with Gasteiger partial charge >= 0.3 is 0 Å². The van der Waals surface area contributed by atoms with Crippen molar-refractivity contribution in [3.8, 4) is 0 Å². The van der Waals surface area contributed by atoms with E-state index in [0.717, 1.165) is 17.4 Å². The van der Waals surface area contributed by atoms with E-state index in [1.54, 1.807) is 0 Å². The van der Waals surface area contributed by atoms with E-state index in [1.807, 2.05) is 4.72 Å². The zero-order chi connectivity index (χ0) is 15.1. The number of hydrogen-bond donors (Lipinski definition) is 1. The zero-order valence-corrected chi connectivity index (χ0v) is 13.7. The van der Waals surface area contributed by atoms with Crippen LogP contribution in [-0.2, 0) is 10.0 Å². The predicted molar refractivity (Wildman–Crippen MR) is 76.7 cm³/mol. The van der Waals surface area contributed by atoms with Gasteiger partial charge in [0.2, 0.25) is 0 Å². The Kier molecular flexibility index (Phi) is 4.33. The lowest BCUT2D eigenvalue weighted by molar-refractivity contribution is 0.579. The van der Waals surface area contributed by atoms with Gasteiger partial charge < -0.3 is 0 Å². The fourth-order valence-electron chi connectivity index (χ4n) is 1.39. The van der Waals surface area contributed by atoms with Gasteiger partial charge in [0, 0.05) is 6.07 Å². The average Bonchev–Trinajstić information content (AvgIpc) is 2.66. The minimum atomic E-state index is -4.04. The molecule has 20 heavy (non-hydrogen) atoms. The van der Waals surface area contributed by atoms with Crippen molar-refractivity contribution in [3.05, 3.63) is 38.4 Å². The van der Waals surface area contributed by atoms with Gasteiger partial charge in [0.15, 0.2) is 8.68 Å². The zero-order valence-electron chi connectivity index (χ0n) is 9.75. The molecule has 0 spiro atoms. The summed E-state index contributed by atoms with van der Waals surface area (Å²) in [5, 5.41) is 0. The molecule has 10 heteroatoms. The van der Waals surface area contributed by atoms with Crippen LogP contribution in [0.1, 0.15) is 5.69 Å². The number of nitrogens with one attached hydrogen (secondary N) is 1. The summed E-state index contributed by atoms with van der Waals surface area (Å²) in [5.74, 6) is -1.86. The van der Waals surface area contributed by atoms with Crippen LogP contribution in [0.15, 0.2) is 20.8 Å². The van der Waals surface area contributed by atoms with E-state index < -0.39 is 21.7 Å². The summed E-state index contributed by atoms with van der Waals surface area (Å²) in [7, 11) is -4.04. The van der Waals surface area contributed by atoms with E-state index in [9.17, 15) is 17.2 Å². The van der Waals surface area contributed by atoms with Crippen LogP contribution in [0, 0.1) is 18.6 Å². The fraction of sp³-hybridized carbons (Fsp3) is 0.100. The van der Waals surface area contributed by atoms with Crippen LogP contribution in [-0.4, -0.2) is 13.4 Å². The lowest BCUT2D eigenvalue weighted by Gasteiger charge is -2.08. The van der Waals surface area contributed by atoms with Crippen LogP contribution in [0.25, 0.3) is 0 Å². The van der Waals surface area contributed by atoms with Crippen LogP contribution >= 0.6 is 38.9 Å². The minimum Gasteiger partial charge on any atom is -0.276 e. The number of sulfonamides is 1. The van der Waals surface area contributed by atoms with Crippen molar-refractivity contribution >= 4 is 54.6 Å². The molecule has 0 unspecified atom stereocenters. The summed E-state index contributed by atoms with van der Waals surface area (Å²) in [4.78, 5) is 3.77. The second kappa shape index (κ2) is 5.55. The standard InChI is InChI=1S/C10H6BrClF2N2O2S2/c1-4-9(19-10(12)15-4)20(17,18)16-8-2-5(11)6(13)3-7(8)14/h2-3,16H,1H3. The van der Waals surface area contributed by atoms with Gasteiger partial charge in [-0.3, -0.25) is 4.72 Å². The molecular formula is C10H6BrClF2N2O2S2. The Labute approximate surface area is 131 Å². The van der Waals surface area contributed by atoms with Crippen molar-refractivity contribution in [1.29, 1.82) is 0 Å². The summed E-state index contributed by atoms with van der Waals surface area (Å²) in [6.07, 6.45) is 0. The summed E-state index contributed by atoms with van der Waals surface area (Å²) in [6.45, 7) is 1.47. The molecule has 108 valence electrons. The summed E-state index contributed by atoms with van der Waals surface area (Å²) in [6, 6.07) is 1.58.